The molecular formula is C18H17N3O5S2. The normalized spacial score (nSPS) is 11.0. The fourth-order valence-corrected chi connectivity index (χ4v) is 4.44. The Morgan fingerprint density at radius 3 is 2.57 bits per heavy atom. The average Bonchev–Trinajstić information content (AvgIpc) is 3.20. The molecule has 0 unspecified atom stereocenters. The molecule has 10 heteroatoms. The van der Waals surface area contributed by atoms with Crippen LogP contribution in [0.3, 0.4) is 0 Å². The zero-order chi connectivity index (χ0) is 20.1. The fraction of sp³-hybridized carbons (Fsp3) is 0.111. The van der Waals surface area contributed by atoms with Gasteiger partial charge in [0.2, 0.25) is 0 Å². The zero-order valence-electron chi connectivity index (χ0n) is 14.8. The van der Waals surface area contributed by atoms with Crippen LogP contribution in [0.5, 0.6) is 5.75 Å². The van der Waals surface area contributed by atoms with Crippen molar-refractivity contribution in [3.05, 3.63) is 75.0 Å². The molecule has 3 aromatic rings. The van der Waals surface area contributed by atoms with Crippen LogP contribution in [0.4, 0.5) is 17.1 Å². The Balaban J connectivity index is 1.98. The summed E-state index contributed by atoms with van der Waals surface area (Å²) in [4.78, 5) is 11.3. The predicted octanol–water partition coefficient (Wildman–Crippen LogP) is 4.08. The third-order valence-electron chi connectivity index (χ3n) is 3.85. The monoisotopic (exact) mass is 419 g/mol. The number of sulfonamides is 1. The summed E-state index contributed by atoms with van der Waals surface area (Å²) < 4.78 is 33.6. The Kier molecular flexibility index (Phi) is 5.81. The van der Waals surface area contributed by atoms with Gasteiger partial charge in [-0.1, -0.05) is 18.2 Å². The van der Waals surface area contributed by atoms with E-state index < -0.39 is 14.9 Å². The highest BCUT2D eigenvalue weighted by Gasteiger charge is 2.23. The molecule has 3 rings (SSSR count). The minimum Gasteiger partial charge on any atom is -0.495 e. The molecule has 0 radical (unpaired) electrons. The first-order valence-electron chi connectivity index (χ1n) is 8.11. The minimum atomic E-state index is -4.12. The number of non-ortho nitro benzene ring substituents is 1. The molecule has 0 bridgehead atoms. The smallest absolute Gasteiger partial charge is 0.270 e. The first kappa shape index (κ1) is 19.6. The highest BCUT2D eigenvalue weighted by atomic mass is 32.2. The molecule has 0 saturated carbocycles. The maximum absolute atomic E-state index is 13.0. The molecule has 0 aliphatic rings. The molecule has 0 fully saturated rings. The Morgan fingerprint density at radius 2 is 1.89 bits per heavy atom. The van der Waals surface area contributed by atoms with Gasteiger partial charge in [-0.15, -0.1) is 11.3 Å². The van der Waals surface area contributed by atoms with Crippen molar-refractivity contribution in [2.24, 2.45) is 0 Å². The van der Waals surface area contributed by atoms with Crippen molar-refractivity contribution in [3.8, 4) is 5.75 Å². The molecule has 0 aliphatic carbocycles. The first-order valence-corrected chi connectivity index (χ1v) is 10.5. The summed E-state index contributed by atoms with van der Waals surface area (Å²) in [6.07, 6.45) is 0. The number of thiophene rings is 1. The van der Waals surface area contributed by atoms with Crippen LogP contribution in [-0.2, 0) is 16.6 Å². The second kappa shape index (κ2) is 8.28. The lowest BCUT2D eigenvalue weighted by atomic mass is 10.3. The van der Waals surface area contributed by atoms with Crippen LogP contribution < -0.4 is 14.8 Å². The van der Waals surface area contributed by atoms with Crippen LogP contribution in [0.25, 0.3) is 0 Å². The number of rotatable bonds is 8. The summed E-state index contributed by atoms with van der Waals surface area (Å²) in [7, 11) is -2.69. The summed E-state index contributed by atoms with van der Waals surface area (Å²) in [5.41, 5.74) is 0.184. The summed E-state index contributed by atoms with van der Waals surface area (Å²) in [6, 6.07) is 14.0. The van der Waals surface area contributed by atoms with E-state index in [-0.39, 0.29) is 22.0 Å². The molecule has 0 atom stereocenters. The van der Waals surface area contributed by atoms with Gasteiger partial charge in [0.1, 0.15) is 10.6 Å². The van der Waals surface area contributed by atoms with Crippen molar-refractivity contribution in [3.63, 3.8) is 0 Å². The molecule has 2 aromatic carbocycles. The Bertz CT molecular complexity index is 1080. The van der Waals surface area contributed by atoms with E-state index in [4.69, 9.17) is 4.74 Å². The van der Waals surface area contributed by atoms with Crippen molar-refractivity contribution in [2.75, 3.05) is 17.1 Å². The number of nitro benzene ring substituents is 1. The van der Waals surface area contributed by atoms with Crippen LogP contribution in [-0.4, -0.2) is 20.5 Å². The maximum atomic E-state index is 13.0. The van der Waals surface area contributed by atoms with E-state index in [0.29, 0.717) is 12.3 Å². The van der Waals surface area contributed by atoms with Crippen LogP contribution in [0.1, 0.15) is 4.88 Å². The number of nitrogens with zero attached hydrogens (tertiary/aromatic N) is 1. The Morgan fingerprint density at radius 1 is 1.11 bits per heavy atom. The fourth-order valence-electron chi connectivity index (χ4n) is 2.52. The number of anilines is 2. The number of benzene rings is 2. The number of hydrogen-bond acceptors (Lipinski definition) is 7. The maximum Gasteiger partial charge on any atom is 0.270 e. The number of nitro groups is 1. The molecule has 28 heavy (non-hydrogen) atoms. The lowest BCUT2D eigenvalue weighted by Crippen LogP contribution is -2.16. The third kappa shape index (κ3) is 4.41. The highest BCUT2D eigenvalue weighted by Crippen LogP contribution is 2.31. The number of nitrogens with one attached hydrogen (secondary N) is 2. The molecule has 0 saturated heterocycles. The van der Waals surface area contributed by atoms with E-state index in [2.05, 4.69) is 10.0 Å². The standard InChI is InChI=1S/C18H17N3O5S2/c1-26-17-7-3-2-6-15(17)20-28(24,25)18-11-13(21(22)23)8-9-16(18)19-12-14-5-4-10-27-14/h2-11,19-20H,12H2,1H3. The van der Waals surface area contributed by atoms with Crippen molar-refractivity contribution >= 4 is 38.4 Å². The Labute approximate surface area is 166 Å². The van der Waals surface area contributed by atoms with Gasteiger partial charge in [-0.2, -0.15) is 0 Å². The van der Waals surface area contributed by atoms with Gasteiger partial charge in [-0.3, -0.25) is 14.8 Å². The topological polar surface area (TPSA) is 111 Å². The van der Waals surface area contributed by atoms with Crippen molar-refractivity contribution in [2.45, 2.75) is 11.4 Å². The van der Waals surface area contributed by atoms with Gasteiger partial charge in [-0.25, -0.2) is 8.42 Å². The predicted molar refractivity (Wildman–Crippen MR) is 109 cm³/mol. The quantitative estimate of drug-likeness (QED) is 0.420. The first-order chi connectivity index (χ1) is 13.4. The van der Waals surface area contributed by atoms with E-state index in [1.165, 1.54) is 30.6 Å². The number of methoxy groups -OCH3 is 1. The molecule has 0 aliphatic heterocycles. The molecule has 2 N–H and O–H groups in total. The zero-order valence-corrected chi connectivity index (χ0v) is 16.4. The third-order valence-corrected chi connectivity index (χ3v) is 6.13. The number of ether oxygens (including phenoxy) is 1. The van der Waals surface area contributed by atoms with Crippen molar-refractivity contribution in [1.29, 1.82) is 0 Å². The molecule has 1 aromatic heterocycles. The summed E-state index contributed by atoms with van der Waals surface area (Å²) in [5.74, 6) is 0.338. The van der Waals surface area contributed by atoms with Gasteiger partial charge in [-0.05, 0) is 29.6 Å². The molecule has 1 heterocycles. The molecular weight excluding hydrogens is 402 g/mol. The minimum absolute atomic E-state index is 0.218. The molecule has 0 amide bonds. The van der Waals surface area contributed by atoms with E-state index >= 15 is 0 Å². The molecule has 0 spiro atoms. The van der Waals surface area contributed by atoms with Gasteiger partial charge in [0, 0.05) is 23.6 Å². The van der Waals surface area contributed by atoms with Gasteiger partial charge in [0.25, 0.3) is 15.7 Å². The van der Waals surface area contributed by atoms with E-state index in [0.717, 1.165) is 10.9 Å². The average molecular weight is 419 g/mol. The lowest BCUT2D eigenvalue weighted by molar-refractivity contribution is -0.385. The van der Waals surface area contributed by atoms with Gasteiger partial charge in [0.05, 0.1) is 23.4 Å². The van der Waals surface area contributed by atoms with E-state index in [1.807, 2.05) is 17.5 Å². The molecule has 146 valence electrons. The summed E-state index contributed by atoms with van der Waals surface area (Å²) in [5, 5.41) is 16.1. The van der Waals surface area contributed by atoms with Gasteiger partial charge >= 0.3 is 0 Å². The van der Waals surface area contributed by atoms with E-state index in [1.54, 1.807) is 24.3 Å². The van der Waals surface area contributed by atoms with Crippen LogP contribution >= 0.6 is 11.3 Å². The van der Waals surface area contributed by atoms with Crippen LogP contribution in [0.15, 0.2) is 64.9 Å². The van der Waals surface area contributed by atoms with Gasteiger partial charge in [0.15, 0.2) is 0 Å². The largest absolute Gasteiger partial charge is 0.495 e. The number of para-hydroxylation sites is 2. The SMILES string of the molecule is COc1ccccc1NS(=O)(=O)c1cc([N+](=O)[O-])ccc1NCc1cccs1. The van der Waals surface area contributed by atoms with Crippen molar-refractivity contribution < 1.29 is 18.1 Å². The van der Waals surface area contributed by atoms with Crippen LogP contribution in [0, 0.1) is 10.1 Å². The molecule has 8 nitrogen and oxygen atoms in total. The highest BCUT2D eigenvalue weighted by molar-refractivity contribution is 7.93. The van der Waals surface area contributed by atoms with Crippen molar-refractivity contribution in [1.82, 2.24) is 0 Å². The second-order valence-electron chi connectivity index (χ2n) is 5.68. The second-order valence-corrected chi connectivity index (χ2v) is 8.36. The van der Waals surface area contributed by atoms with E-state index in [9.17, 15) is 18.5 Å². The lowest BCUT2D eigenvalue weighted by Gasteiger charge is -2.15. The Hall–Kier alpha value is -3.11. The summed E-state index contributed by atoms with van der Waals surface area (Å²) in [6.45, 7) is 0.395. The summed E-state index contributed by atoms with van der Waals surface area (Å²) >= 11 is 1.52. The number of hydrogen-bond donors (Lipinski definition) is 2. The van der Waals surface area contributed by atoms with Gasteiger partial charge < -0.3 is 10.1 Å². The van der Waals surface area contributed by atoms with Crippen LogP contribution in [0.2, 0.25) is 0 Å².